The van der Waals surface area contributed by atoms with E-state index in [2.05, 4.69) is 5.32 Å². The van der Waals surface area contributed by atoms with Crippen LogP contribution in [0.3, 0.4) is 0 Å². The van der Waals surface area contributed by atoms with E-state index in [4.69, 9.17) is 0 Å². The third kappa shape index (κ3) is 2.43. The van der Waals surface area contributed by atoms with Gasteiger partial charge in [0.15, 0.2) is 0 Å². The highest BCUT2D eigenvalue weighted by Gasteiger charge is 2.32. The monoisotopic (exact) mass is 262 g/mol. The van der Waals surface area contributed by atoms with E-state index >= 15 is 0 Å². The first-order chi connectivity index (χ1) is 9.13. The minimum atomic E-state index is -0.421. The number of hydrogen-bond donors (Lipinski definition) is 3. The number of aliphatic hydroxyl groups is 1. The fourth-order valence-corrected chi connectivity index (χ4v) is 2.86. The van der Waals surface area contributed by atoms with Gasteiger partial charge in [-0.25, -0.2) is 0 Å². The lowest BCUT2D eigenvalue weighted by atomic mass is 9.98. The van der Waals surface area contributed by atoms with Crippen LogP contribution < -0.4 is 5.32 Å². The van der Waals surface area contributed by atoms with Gasteiger partial charge in [0.05, 0.1) is 12.1 Å². The minimum Gasteiger partial charge on any atom is -0.508 e. The molecule has 0 radical (unpaired) electrons. The molecule has 19 heavy (non-hydrogen) atoms. The topological polar surface area (TPSA) is 72.8 Å². The van der Waals surface area contributed by atoms with Crippen molar-refractivity contribution < 1.29 is 15.0 Å². The van der Waals surface area contributed by atoms with Crippen LogP contribution in [0.4, 0.5) is 0 Å². The van der Waals surface area contributed by atoms with Crippen molar-refractivity contribution in [3.05, 3.63) is 29.3 Å². The highest BCUT2D eigenvalue weighted by Crippen LogP contribution is 2.24. The van der Waals surface area contributed by atoms with Gasteiger partial charge in [-0.1, -0.05) is 6.07 Å². The number of rotatable bonds is 1. The van der Waals surface area contributed by atoms with Crippen LogP contribution in [0, 0.1) is 0 Å². The number of fused-ring (bicyclic) bond motifs is 1. The summed E-state index contributed by atoms with van der Waals surface area (Å²) in [6.07, 6.45) is 0.883. The highest BCUT2D eigenvalue weighted by atomic mass is 16.3. The number of hydrogen-bond acceptors (Lipinski definition) is 4. The number of nitrogens with one attached hydrogen (secondary N) is 1. The van der Waals surface area contributed by atoms with Crippen molar-refractivity contribution >= 4 is 5.91 Å². The van der Waals surface area contributed by atoms with Gasteiger partial charge in [-0.15, -0.1) is 0 Å². The van der Waals surface area contributed by atoms with Gasteiger partial charge in [0.25, 0.3) is 0 Å². The van der Waals surface area contributed by atoms with E-state index in [0.717, 1.165) is 12.0 Å². The lowest BCUT2D eigenvalue weighted by molar-refractivity contribution is -0.134. The normalized spacial score (nSPS) is 26.3. The Morgan fingerprint density at radius 1 is 1.37 bits per heavy atom. The smallest absolute Gasteiger partial charge is 0.240 e. The van der Waals surface area contributed by atoms with E-state index in [1.54, 1.807) is 17.0 Å². The van der Waals surface area contributed by atoms with Crippen LogP contribution in [0.25, 0.3) is 0 Å². The lowest BCUT2D eigenvalue weighted by Gasteiger charge is -2.31. The maximum absolute atomic E-state index is 12.3. The first kappa shape index (κ1) is 12.4. The molecule has 2 atom stereocenters. The molecule has 3 N–H and O–H groups in total. The standard InChI is InChI=1S/C14H18N2O3/c17-11-2-1-9-3-4-16(8-10(9)5-11)14(19)13-6-12(18)7-15-13/h1-2,5,12-13,15,17-18H,3-4,6-8H2/t12-,13+/m1/s1. The molecular formula is C14H18N2O3. The van der Waals surface area contributed by atoms with E-state index in [1.165, 1.54) is 5.56 Å². The van der Waals surface area contributed by atoms with E-state index in [1.807, 2.05) is 6.07 Å². The molecule has 0 saturated carbocycles. The van der Waals surface area contributed by atoms with Crippen LogP contribution in [0.1, 0.15) is 17.5 Å². The van der Waals surface area contributed by atoms with E-state index in [0.29, 0.717) is 26.1 Å². The van der Waals surface area contributed by atoms with Crippen molar-refractivity contribution in [2.75, 3.05) is 13.1 Å². The van der Waals surface area contributed by atoms with Crippen molar-refractivity contribution in [1.82, 2.24) is 10.2 Å². The Bertz CT molecular complexity index is 503. The second kappa shape index (κ2) is 4.83. The first-order valence-electron chi connectivity index (χ1n) is 6.64. The molecule has 5 nitrogen and oxygen atoms in total. The summed E-state index contributed by atoms with van der Waals surface area (Å²) in [7, 11) is 0. The molecule has 0 aromatic heterocycles. The van der Waals surface area contributed by atoms with Gasteiger partial charge < -0.3 is 20.4 Å². The minimum absolute atomic E-state index is 0.0468. The number of carbonyl (C=O) groups is 1. The maximum Gasteiger partial charge on any atom is 0.240 e. The molecule has 1 aromatic carbocycles. The molecular weight excluding hydrogens is 244 g/mol. The maximum atomic E-state index is 12.3. The fourth-order valence-electron chi connectivity index (χ4n) is 2.86. The largest absolute Gasteiger partial charge is 0.508 e. The number of nitrogens with zero attached hydrogens (tertiary/aromatic N) is 1. The molecule has 102 valence electrons. The average Bonchev–Trinajstić information content (AvgIpc) is 2.83. The number of phenols is 1. The average molecular weight is 262 g/mol. The number of carbonyl (C=O) groups excluding carboxylic acids is 1. The van der Waals surface area contributed by atoms with E-state index < -0.39 is 6.10 Å². The van der Waals surface area contributed by atoms with Gasteiger partial charge in [-0.2, -0.15) is 0 Å². The van der Waals surface area contributed by atoms with Gasteiger partial charge in [0.1, 0.15) is 5.75 Å². The first-order valence-corrected chi connectivity index (χ1v) is 6.64. The van der Waals surface area contributed by atoms with Crippen molar-refractivity contribution in [3.8, 4) is 5.75 Å². The lowest BCUT2D eigenvalue weighted by Crippen LogP contribution is -2.45. The molecule has 1 saturated heterocycles. The van der Waals surface area contributed by atoms with Crippen LogP contribution in [0.2, 0.25) is 0 Å². The molecule has 0 unspecified atom stereocenters. The van der Waals surface area contributed by atoms with Crippen molar-refractivity contribution in [2.45, 2.75) is 31.5 Å². The predicted octanol–water partition coefficient (Wildman–Crippen LogP) is -0.000300. The third-order valence-electron chi connectivity index (χ3n) is 3.92. The molecule has 0 aliphatic carbocycles. The molecule has 1 aromatic rings. The molecule has 1 fully saturated rings. The van der Waals surface area contributed by atoms with E-state index in [9.17, 15) is 15.0 Å². The number of aromatic hydroxyl groups is 1. The Labute approximate surface area is 111 Å². The van der Waals surface area contributed by atoms with E-state index in [-0.39, 0.29) is 17.7 Å². The number of phenolic OH excluding ortho intramolecular Hbond substituents is 1. The number of amides is 1. The second-order valence-corrected chi connectivity index (χ2v) is 5.31. The Kier molecular flexibility index (Phi) is 3.16. The number of benzene rings is 1. The summed E-state index contributed by atoms with van der Waals surface area (Å²) in [5.41, 5.74) is 2.21. The molecule has 0 spiro atoms. The van der Waals surface area contributed by atoms with Crippen LogP contribution in [-0.4, -0.2) is 46.3 Å². The summed E-state index contributed by atoms with van der Waals surface area (Å²) in [4.78, 5) is 14.1. The molecule has 5 heteroatoms. The predicted molar refractivity (Wildman–Crippen MR) is 69.6 cm³/mol. The highest BCUT2D eigenvalue weighted by molar-refractivity contribution is 5.82. The Morgan fingerprint density at radius 3 is 2.95 bits per heavy atom. The zero-order chi connectivity index (χ0) is 13.4. The Morgan fingerprint density at radius 2 is 2.21 bits per heavy atom. The molecule has 2 heterocycles. The number of β-amino-alcohol motifs (C(OH)–C–C–N with tert-alkyl or cyclic N) is 1. The summed E-state index contributed by atoms with van der Waals surface area (Å²) < 4.78 is 0. The zero-order valence-corrected chi connectivity index (χ0v) is 10.7. The van der Waals surface area contributed by atoms with Crippen LogP contribution >= 0.6 is 0 Å². The third-order valence-corrected chi connectivity index (χ3v) is 3.92. The molecule has 0 bridgehead atoms. The molecule has 2 aliphatic heterocycles. The number of aliphatic hydroxyl groups excluding tert-OH is 1. The summed E-state index contributed by atoms with van der Waals surface area (Å²) in [5, 5.41) is 22.0. The Hall–Kier alpha value is -1.59. The van der Waals surface area contributed by atoms with Crippen molar-refractivity contribution in [1.29, 1.82) is 0 Å². The van der Waals surface area contributed by atoms with Crippen LogP contribution in [0.15, 0.2) is 18.2 Å². The van der Waals surface area contributed by atoms with Gasteiger partial charge in [0, 0.05) is 19.6 Å². The summed E-state index contributed by atoms with van der Waals surface area (Å²) in [6.45, 7) is 1.73. The molecule has 2 aliphatic rings. The summed E-state index contributed by atoms with van der Waals surface area (Å²) in [6, 6.07) is 5.06. The van der Waals surface area contributed by atoms with Crippen LogP contribution in [-0.2, 0) is 17.8 Å². The zero-order valence-electron chi connectivity index (χ0n) is 10.7. The van der Waals surface area contributed by atoms with Crippen LogP contribution in [0.5, 0.6) is 5.75 Å². The summed E-state index contributed by atoms with van der Waals surface area (Å²) >= 11 is 0. The van der Waals surface area contributed by atoms with Crippen molar-refractivity contribution in [3.63, 3.8) is 0 Å². The quantitative estimate of drug-likeness (QED) is 0.666. The van der Waals surface area contributed by atoms with Gasteiger partial charge in [-0.05, 0) is 36.1 Å². The molecule has 3 rings (SSSR count). The summed E-state index contributed by atoms with van der Waals surface area (Å²) in [5.74, 6) is 0.285. The SMILES string of the molecule is O=C([C@@H]1C[C@@H](O)CN1)N1CCc2ccc(O)cc2C1. The van der Waals surface area contributed by atoms with Gasteiger partial charge in [-0.3, -0.25) is 4.79 Å². The van der Waals surface area contributed by atoms with Gasteiger partial charge in [0.2, 0.25) is 5.91 Å². The second-order valence-electron chi connectivity index (χ2n) is 5.31. The van der Waals surface area contributed by atoms with Crippen molar-refractivity contribution in [2.24, 2.45) is 0 Å². The molecule has 1 amide bonds. The fraction of sp³-hybridized carbons (Fsp3) is 0.500. The van der Waals surface area contributed by atoms with Gasteiger partial charge >= 0.3 is 0 Å². The Balaban J connectivity index is 1.73.